The minimum absolute atomic E-state index is 0. The van der Waals surface area contributed by atoms with Crippen molar-refractivity contribution in [2.75, 3.05) is 36.0 Å². The summed E-state index contributed by atoms with van der Waals surface area (Å²) in [4.78, 5) is 37.0. The highest BCUT2D eigenvalue weighted by Crippen LogP contribution is 2.49. The maximum atomic E-state index is 12.1. The van der Waals surface area contributed by atoms with E-state index < -0.39 is 17.0 Å². The molecule has 2 aliphatic carbocycles. The van der Waals surface area contributed by atoms with Gasteiger partial charge in [0.15, 0.2) is 0 Å². The third-order valence-electron chi connectivity index (χ3n) is 9.39. The van der Waals surface area contributed by atoms with Crippen LogP contribution in [0.1, 0.15) is 75.2 Å². The predicted octanol–water partition coefficient (Wildman–Crippen LogP) is 8.03. The summed E-state index contributed by atoms with van der Waals surface area (Å²) in [5.74, 6) is 3.56. The molecule has 2 saturated heterocycles. The molecule has 250 valence electrons. The second-order valence-electron chi connectivity index (χ2n) is 14.4. The van der Waals surface area contributed by atoms with Crippen molar-refractivity contribution in [3.63, 3.8) is 0 Å². The van der Waals surface area contributed by atoms with Crippen LogP contribution in [0.15, 0.2) is 45.6 Å². The Hall–Kier alpha value is -2.40. The zero-order valence-corrected chi connectivity index (χ0v) is 28.8. The van der Waals surface area contributed by atoms with Crippen LogP contribution in [0.5, 0.6) is 0 Å². The standard InChI is InChI=1S/C18H26BrN3O2.C14H17BrN2O2.2CH4/c1-17(2,3)24-16(23)21-18(4)7-12-10-22(11-13(12)8-18)15-6-5-14(19)9-20-15;1-14(13(18)19)4-9-7-17(8-10(9)5-14)12-3-2-11(15)6-16-12;;/h5-6,9,12-13H,7-8,10-11H2,1-4H3,(H,21,23);2-3,6,9-10H,4-5,7-8H2,1H3,(H,18,19);2*1H4/t12-,13+,18?;9-,10+,14?;;. The predicted molar refractivity (Wildman–Crippen MR) is 188 cm³/mol. The lowest BCUT2D eigenvalue weighted by Crippen LogP contribution is -2.47. The smallest absolute Gasteiger partial charge is 0.408 e. The van der Waals surface area contributed by atoms with Crippen molar-refractivity contribution in [1.29, 1.82) is 0 Å². The van der Waals surface area contributed by atoms with Crippen LogP contribution in [0.3, 0.4) is 0 Å². The largest absolute Gasteiger partial charge is 0.481 e. The molecule has 4 heterocycles. The van der Waals surface area contributed by atoms with Gasteiger partial charge in [0, 0.05) is 53.1 Å². The van der Waals surface area contributed by atoms with Crippen LogP contribution in [0, 0.1) is 29.1 Å². The number of fused-ring (bicyclic) bond motifs is 2. The number of halogens is 2. The maximum absolute atomic E-state index is 12.1. The molecule has 9 nitrogen and oxygen atoms in total. The summed E-state index contributed by atoms with van der Waals surface area (Å²) in [7, 11) is 0. The Labute approximate surface area is 286 Å². The van der Waals surface area contributed by atoms with Crippen LogP contribution in [0.2, 0.25) is 0 Å². The monoisotopic (exact) mass is 751 g/mol. The third kappa shape index (κ3) is 8.90. The average molecular weight is 754 g/mol. The van der Waals surface area contributed by atoms with Gasteiger partial charge in [0.1, 0.15) is 17.2 Å². The molecular weight excluding hydrogens is 702 g/mol. The molecule has 2 saturated carbocycles. The molecule has 45 heavy (non-hydrogen) atoms. The number of rotatable bonds is 4. The first-order valence-electron chi connectivity index (χ1n) is 15.1. The summed E-state index contributed by atoms with van der Waals surface area (Å²) in [5, 5.41) is 12.4. The van der Waals surface area contributed by atoms with Crippen LogP contribution in [-0.4, -0.2) is 64.5 Å². The van der Waals surface area contributed by atoms with E-state index >= 15 is 0 Å². The highest BCUT2D eigenvalue weighted by Gasteiger charge is 2.51. The molecule has 1 amide bonds. The van der Waals surface area contributed by atoms with Gasteiger partial charge in [-0.15, -0.1) is 0 Å². The van der Waals surface area contributed by atoms with Gasteiger partial charge in [-0.3, -0.25) is 4.79 Å². The van der Waals surface area contributed by atoms with Crippen molar-refractivity contribution in [1.82, 2.24) is 15.3 Å². The van der Waals surface area contributed by atoms with Crippen molar-refractivity contribution < 1.29 is 19.4 Å². The normalized spacial score (nSPS) is 29.8. The van der Waals surface area contributed by atoms with E-state index in [2.05, 4.69) is 69.9 Å². The lowest BCUT2D eigenvalue weighted by molar-refractivity contribution is -0.147. The lowest BCUT2D eigenvalue weighted by atomic mass is 9.87. The van der Waals surface area contributed by atoms with Gasteiger partial charge in [-0.2, -0.15) is 0 Å². The molecule has 4 aliphatic rings. The number of aromatic nitrogens is 2. The molecule has 6 atom stereocenters. The summed E-state index contributed by atoms with van der Waals surface area (Å²) < 4.78 is 7.39. The van der Waals surface area contributed by atoms with E-state index in [4.69, 9.17) is 4.74 Å². The van der Waals surface area contributed by atoms with E-state index in [-0.39, 0.29) is 26.5 Å². The van der Waals surface area contributed by atoms with Gasteiger partial charge in [-0.05, 0) is 140 Å². The summed E-state index contributed by atoms with van der Waals surface area (Å²) >= 11 is 6.82. The highest BCUT2D eigenvalue weighted by atomic mass is 79.9. The van der Waals surface area contributed by atoms with Crippen molar-refractivity contribution in [2.45, 2.75) is 86.3 Å². The van der Waals surface area contributed by atoms with Gasteiger partial charge in [0.05, 0.1) is 5.41 Å². The van der Waals surface area contributed by atoms with E-state index in [0.29, 0.717) is 23.7 Å². The number of pyridine rings is 2. The van der Waals surface area contributed by atoms with Crippen molar-refractivity contribution in [3.8, 4) is 0 Å². The maximum Gasteiger partial charge on any atom is 0.408 e. The van der Waals surface area contributed by atoms with Crippen LogP contribution in [-0.2, 0) is 9.53 Å². The fourth-order valence-electron chi connectivity index (χ4n) is 7.59. The van der Waals surface area contributed by atoms with Gasteiger partial charge in [-0.25, -0.2) is 14.8 Å². The number of nitrogens with zero attached hydrogens (tertiary/aromatic N) is 4. The van der Waals surface area contributed by atoms with Crippen LogP contribution >= 0.6 is 31.9 Å². The molecule has 2 N–H and O–H groups in total. The van der Waals surface area contributed by atoms with Gasteiger partial charge in [0.2, 0.25) is 0 Å². The molecule has 2 aliphatic heterocycles. The van der Waals surface area contributed by atoms with E-state index in [1.165, 1.54) is 0 Å². The third-order valence-corrected chi connectivity index (χ3v) is 10.3. The molecule has 11 heteroatoms. The number of hydrogen-bond acceptors (Lipinski definition) is 7. The SMILES string of the molecule is C.C.CC1(C(=O)O)C[C@H]2CN(c3ccc(Br)cn3)C[C@H]2C1.CC1(NC(=O)OC(C)(C)C)C[C@H]2CN(c3ccc(Br)cn3)C[C@H]2C1. The fourth-order valence-corrected chi connectivity index (χ4v) is 8.06. The Morgan fingerprint density at radius 2 is 1.22 bits per heavy atom. The first kappa shape index (κ1) is 37.1. The zero-order valence-electron chi connectivity index (χ0n) is 25.6. The molecule has 2 unspecified atom stereocenters. The van der Waals surface area contributed by atoms with E-state index in [1.54, 1.807) is 0 Å². The number of carboxylic acid groups (broad SMARTS) is 1. The number of carbonyl (C=O) groups excluding carboxylic acids is 1. The van der Waals surface area contributed by atoms with Gasteiger partial charge in [0.25, 0.3) is 0 Å². The molecule has 4 fully saturated rings. The fraction of sp³-hybridized carbons (Fsp3) is 0.647. The molecule has 0 bridgehead atoms. The van der Waals surface area contributed by atoms with Crippen molar-refractivity contribution >= 4 is 55.6 Å². The minimum Gasteiger partial charge on any atom is -0.481 e. The Morgan fingerprint density at radius 3 is 1.56 bits per heavy atom. The Morgan fingerprint density at radius 1 is 0.822 bits per heavy atom. The number of hydrogen-bond donors (Lipinski definition) is 2. The van der Waals surface area contributed by atoms with Gasteiger partial charge >= 0.3 is 12.1 Å². The Bertz CT molecular complexity index is 1290. The van der Waals surface area contributed by atoms with Crippen molar-refractivity contribution in [3.05, 3.63) is 45.6 Å². The number of alkyl carbamates (subject to hydrolysis) is 1. The van der Waals surface area contributed by atoms with Gasteiger partial charge in [-0.1, -0.05) is 14.9 Å². The minimum atomic E-state index is -0.643. The first-order chi connectivity index (χ1) is 20.1. The molecule has 2 aromatic heterocycles. The number of aliphatic carboxylic acids is 1. The van der Waals surface area contributed by atoms with Gasteiger partial charge < -0.3 is 25.0 Å². The summed E-state index contributed by atoms with van der Waals surface area (Å²) in [6.07, 6.45) is 6.91. The van der Waals surface area contributed by atoms with E-state index in [0.717, 1.165) is 72.4 Å². The summed E-state index contributed by atoms with van der Waals surface area (Å²) in [6.45, 7) is 13.6. The van der Waals surface area contributed by atoms with Crippen molar-refractivity contribution in [2.24, 2.45) is 29.1 Å². The molecule has 0 radical (unpaired) electrons. The number of anilines is 2. The highest BCUT2D eigenvalue weighted by molar-refractivity contribution is 9.10. The number of amides is 1. The quantitative estimate of drug-likeness (QED) is 0.324. The van der Waals surface area contributed by atoms with E-state index in [1.807, 2.05) is 58.3 Å². The average Bonchev–Trinajstić information content (AvgIpc) is 3.61. The summed E-state index contributed by atoms with van der Waals surface area (Å²) in [5.41, 5.74) is -1.15. The van der Waals surface area contributed by atoms with Crippen LogP contribution < -0.4 is 15.1 Å². The first-order valence-corrected chi connectivity index (χ1v) is 16.7. The summed E-state index contributed by atoms with van der Waals surface area (Å²) in [6, 6.07) is 8.10. The number of ether oxygens (including phenoxy) is 1. The molecule has 6 rings (SSSR count). The number of carboxylic acids is 1. The molecule has 2 aromatic rings. The Kier molecular flexibility index (Phi) is 11.7. The lowest BCUT2D eigenvalue weighted by Gasteiger charge is -2.30. The second kappa shape index (κ2) is 14.2. The number of carbonyl (C=O) groups is 2. The van der Waals surface area contributed by atoms with E-state index in [9.17, 15) is 14.7 Å². The Balaban J connectivity index is 0.000000240. The topological polar surface area (TPSA) is 108 Å². The molecular formula is C34H51Br2N5O4. The van der Waals surface area contributed by atoms with Crippen LogP contribution in [0.25, 0.3) is 0 Å². The second-order valence-corrected chi connectivity index (χ2v) is 16.2. The molecule has 0 aromatic carbocycles. The molecule has 0 spiro atoms. The van der Waals surface area contributed by atoms with Crippen LogP contribution in [0.4, 0.5) is 16.4 Å². The zero-order chi connectivity index (χ0) is 31.2. The number of nitrogens with one attached hydrogen (secondary N) is 1.